The monoisotopic (exact) mass is 367 g/mol. The number of amides is 1. The number of imidazole rings is 1. The van der Waals surface area contributed by atoms with Crippen LogP contribution in [0.5, 0.6) is 0 Å². The maximum Gasteiger partial charge on any atom is 0.248 e. The summed E-state index contributed by atoms with van der Waals surface area (Å²) in [5.41, 5.74) is 2.76. The van der Waals surface area contributed by atoms with Crippen molar-refractivity contribution in [1.82, 2.24) is 19.7 Å². The molecule has 0 saturated heterocycles. The molecule has 132 valence electrons. The Hall–Kier alpha value is -3.00. The molecule has 0 aliphatic heterocycles. The normalized spacial score (nSPS) is 11.1. The van der Waals surface area contributed by atoms with Crippen LogP contribution in [0, 0.1) is 0 Å². The first-order chi connectivity index (χ1) is 12.7. The summed E-state index contributed by atoms with van der Waals surface area (Å²) in [6.45, 7) is 2.75. The molecule has 0 aliphatic carbocycles. The van der Waals surface area contributed by atoms with Gasteiger partial charge in [0.2, 0.25) is 23.6 Å². The second kappa shape index (κ2) is 7.09. The fourth-order valence-electron chi connectivity index (χ4n) is 2.76. The highest BCUT2D eigenvalue weighted by Gasteiger charge is 2.14. The number of aromatic nitrogens is 4. The number of fused-ring (bicyclic) bond motifs is 1. The largest absolute Gasteiger partial charge is 0.421 e. The highest BCUT2D eigenvalue weighted by Crippen LogP contribution is 2.21. The summed E-state index contributed by atoms with van der Waals surface area (Å²) in [7, 11) is 0. The molecule has 0 aliphatic rings. The quantitative estimate of drug-likeness (QED) is 0.561. The Morgan fingerprint density at radius 1 is 1.27 bits per heavy atom. The number of hydrogen-bond acceptors (Lipinski definition) is 6. The lowest BCUT2D eigenvalue weighted by molar-refractivity contribution is -0.116. The van der Waals surface area contributed by atoms with Crippen molar-refractivity contribution in [3.05, 3.63) is 47.0 Å². The van der Waals surface area contributed by atoms with E-state index in [9.17, 15) is 4.79 Å². The van der Waals surface area contributed by atoms with Crippen molar-refractivity contribution in [2.24, 2.45) is 0 Å². The molecule has 3 heterocycles. The van der Waals surface area contributed by atoms with Crippen LogP contribution >= 0.6 is 11.3 Å². The molecule has 7 nitrogen and oxygen atoms in total. The van der Waals surface area contributed by atoms with Crippen LogP contribution in [0.1, 0.15) is 19.2 Å². The standard InChI is InChI=1S/C18H17N5O2S/c1-2-23-14-6-4-3-5-13(14)19-18(23)20-15(24)7-8-16-21-22-17(25-16)12-9-10-26-11-12/h3-6,9-11H,2,7-8H2,1H3,(H,19,20,24). The van der Waals surface area contributed by atoms with Gasteiger partial charge in [-0.1, -0.05) is 12.1 Å². The summed E-state index contributed by atoms with van der Waals surface area (Å²) in [5, 5.41) is 14.8. The van der Waals surface area contributed by atoms with Gasteiger partial charge in [-0.3, -0.25) is 10.1 Å². The van der Waals surface area contributed by atoms with E-state index in [2.05, 4.69) is 20.5 Å². The number of anilines is 1. The maximum atomic E-state index is 12.3. The van der Waals surface area contributed by atoms with E-state index in [1.165, 1.54) is 0 Å². The zero-order chi connectivity index (χ0) is 17.9. The van der Waals surface area contributed by atoms with Crippen molar-refractivity contribution >= 4 is 34.2 Å². The predicted octanol–water partition coefficient (Wildman–Crippen LogP) is 3.74. The number of nitrogens with one attached hydrogen (secondary N) is 1. The fourth-order valence-corrected chi connectivity index (χ4v) is 3.39. The van der Waals surface area contributed by atoms with E-state index in [1.54, 1.807) is 11.3 Å². The van der Waals surface area contributed by atoms with E-state index in [-0.39, 0.29) is 12.3 Å². The van der Waals surface area contributed by atoms with Crippen LogP contribution in [0.4, 0.5) is 5.95 Å². The first kappa shape index (κ1) is 16.5. The second-order valence-electron chi connectivity index (χ2n) is 5.73. The molecular weight excluding hydrogens is 350 g/mol. The van der Waals surface area contributed by atoms with Crippen LogP contribution in [-0.2, 0) is 17.8 Å². The van der Waals surface area contributed by atoms with Gasteiger partial charge in [0.15, 0.2) is 0 Å². The Labute approximate surface area is 153 Å². The first-order valence-electron chi connectivity index (χ1n) is 8.34. The third kappa shape index (κ3) is 3.23. The van der Waals surface area contributed by atoms with Crippen LogP contribution < -0.4 is 5.32 Å². The number of rotatable bonds is 6. The molecule has 0 atom stereocenters. The number of para-hydroxylation sites is 2. The third-order valence-corrected chi connectivity index (χ3v) is 4.71. The molecule has 0 saturated carbocycles. The minimum absolute atomic E-state index is 0.134. The Kier molecular flexibility index (Phi) is 4.49. The van der Waals surface area contributed by atoms with Crippen LogP contribution in [0.25, 0.3) is 22.5 Å². The highest BCUT2D eigenvalue weighted by atomic mass is 32.1. The summed E-state index contributed by atoms with van der Waals surface area (Å²) in [5.74, 6) is 1.35. The Morgan fingerprint density at radius 2 is 2.15 bits per heavy atom. The molecule has 0 unspecified atom stereocenters. The molecule has 26 heavy (non-hydrogen) atoms. The predicted molar refractivity (Wildman–Crippen MR) is 100.0 cm³/mol. The minimum atomic E-state index is -0.134. The number of aryl methyl sites for hydroxylation is 2. The molecule has 0 radical (unpaired) electrons. The molecule has 1 N–H and O–H groups in total. The van der Waals surface area contributed by atoms with E-state index >= 15 is 0 Å². The van der Waals surface area contributed by atoms with Gasteiger partial charge in [0.05, 0.1) is 11.0 Å². The third-order valence-electron chi connectivity index (χ3n) is 4.02. The average molecular weight is 367 g/mol. The SMILES string of the molecule is CCn1c(NC(=O)CCc2nnc(-c3ccsc3)o2)nc2ccccc21. The van der Waals surface area contributed by atoms with Gasteiger partial charge >= 0.3 is 0 Å². The molecule has 3 aromatic heterocycles. The fraction of sp³-hybridized carbons (Fsp3) is 0.222. The minimum Gasteiger partial charge on any atom is -0.421 e. The van der Waals surface area contributed by atoms with Crippen LogP contribution in [0.2, 0.25) is 0 Å². The summed E-state index contributed by atoms with van der Waals surface area (Å²) >= 11 is 1.57. The summed E-state index contributed by atoms with van der Waals surface area (Å²) in [4.78, 5) is 16.8. The van der Waals surface area contributed by atoms with E-state index in [0.29, 0.717) is 24.2 Å². The number of carbonyl (C=O) groups excluding carboxylic acids is 1. The molecule has 4 rings (SSSR count). The molecule has 8 heteroatoms. The first-order valence-corrected chi connectivity index (χ1v) is 9.29. The van der Waals surface area contributed by atoms with Crippen LogP contribution in [-0.4, -0.2) is 25.7 Å². The molecule has 4 aromatic rings. The molecule has 1 amide bonds. The molecule has 0 spiro atoms. The zero-order valence-corrected chi connectivity index (χ0v) is 15.0. The van der Waals surface area contributed by atoms with Crippen molar-refractivity contribution in [3.8, 4) is 11.5 Å². The number of thiophene rings is 1. The smallest absolute Gasteiger partial charge is 0.248 e. The lowest BCUT2D eigenvalue weighted by atomic mass is 10.3. The van der Waals surface area contributed by atoms with Gasteiger partial charge in [-0.2, -0.15) is 11.3 Å². The highest BCUT2D eigenvalue weighted by molar-refractivity contribution is 7.08. The second-order valence-corrected chi connectivity index (χ2v) is 6.51. The van der Waals surface area contributed by atoms with E-state index in [1.807, 2.05) is 52.6 Å². The van der Waals surface area contributed by atoms with Gasteiger partial charge in [-0.25, -0.2) is 4.98 Å². The lowest BCUT2D eigenvalue weighted by Gasteiger charge is -2.06. The van der Waals surface area contributed by atoms with Crippen LogP contribution in [0.15, 0.2) is 45.5 Å². The van der Waals surface area contributed by atoms with Crippen molar-refractivity contribution in [2.45, 2.75) is 26.3 Å². The van der Waals surface area contributed by atoms with Crippen LogP contribution in [0.3, 0.4) is 0 Å². The Morgan fingerprint density at radius 3 is 2.96 bits per heavy atom. The lowest BCUT2D eigenvalue weighted by Crippen LogP contribution is -2.16. The molecule has 0 fully saturated rings. The summed E-state index contributed by atoms with van der Waals surface area (Å²) in [6, 6.07) is 9.74. The van der Waals surface area contributed by atoms with E-state index < -0.39 is 0 Å². The van der Waals surface area contributed by atoms with Gasteiger partial charge in [-0.05, 0) is 30.5 Å². The van der Waals surface area contributed by atoms with Crippen molar-refractivity contribution in [2.75, 3.05) is 5.32 Å². The number of hydrogen-bond donors (Lipinski definition) is 1. The zero-order valence-electron chi connectivity index (χ0n) is 14.2. The summed E-state index contributed by atoms with van der Waals surface area (Å²) in [6.07, 6.45) is 0.632. The molecular formula is C18H17N5O2S. The van der Waals surface area contributed by atoms with Crippen molar-refractivity contribution in [1.29, 1.82) is 0 Å². The Balaban J connectivity index is 1.42. The average Bonchev–Trinajstić information content (AvgIpc) is 3.38. The van der Waals surface area contributed by atoms with E-state index in [0.717, 1.165) is 23.1 Å². The van der Waals surface area contributed by atoms with Crippen molar-refractivity contribution < 1.29 is 9.21 Å². The van der Waals surface area contributed by atoms with Gasteiger partial charge in [0.25, 0.3) is 0 Å². The summed E-state index contributed by atoms with van der Waals surface area (Å²) < 4.78 is 7.59. The van der Waals surface area contributed by atoms with Gasteiger partial charge < -0.3 is 8.98 Å². The van der Waals surface area contributed by atoms with Crippen molar-refractivity contribution in [3.63, 3.8) is 0 Å². The molecule has 1 aromatic carbocycles. The number of nitrogens with zero attached hydrogens (tertiary/aromatic N) is 4. The van der Waals surface area contributed by atoms with Gasteiger partial charge in [-0.15, -0.1) is 10.2 Å². The molecule has 0 bridgehead atoms. The van der Waals surface area contributed by atoms with Gasteiger partial charge in [0.1, 0.15) is 0 Å². The topological polar surface area (TPSA) is 85.8 Å². The maximum absolute atomic E-state index is 12.3. The van der Waals surface area contributed by atoms with Gasteiger partial charge in [0, 0.05) is 30.3 Å². The number of carbonyl (C=O) groups is 1. The van der Waals surface area contributed by atoms with E-state index in [4.69, 9.17) is 4.42 Å². The number of benzene rings is 1. The Bertz CT molecular complexity index is 1040.